The number of rotatable bonds is 4. The van der Waals surface area contributed by atoms with Gasteiger partial charge in [-0.3, -0.25) is 0 Å². The average Bonchev–Trinajstić information content (AvgIpc) is 2.41. The summed E-state index contributed by atoms with van der Waals surface area (Å²) < 4.78 is 5.16. The number of aromatic nitrogens is 2. The molecule has 0 unspecified atom stereocenters. The molecule has 0 spiro atoms. The van der Waals surface area contributed by atoms with Crippen LogP contribution in [0.2, 0.25) is 15.2 Å². The number of hydrogen-bond donors (Lipinski definition) is 1. The van der Waals surface area contributed by atoms with Gasteiger partial charge in [-0.1, -0.05) is 40.9 Å². The number of pyridine rings is 2. The summed E-state index contributed by atoms with van der Waals surface area (Å²) in [7, 11) is 1.57. The molecule has 2 heterocycles. The third-order valence-electron chi connectivity index (χ3n) is 2.38. The van der Waals surface area contributed by atoms with Crippen LogP contribution in [0.15, 0.2) is 24.4 Å². The highest BCUT2D eigenvalue weighted by Crippen LogP contribution is 2.29. The molecule has 0 bridgehead atoms. The molecule has 0 saturated carbocycles. The van der Waals surface area contributed by atoms with E-state index in [0.717, 1.165) is 5.56 Å². The maximum Gasteiger partial charge on any atom is 0.218 e. The van der Waals surface area contributed by atoms with Gasteiger partial charge >= 0.3 is 0 Å². The molecule has 2 aromatic rings. The van der Waals surface area contributed by atoms with Crippen LogP contribution in [-0.4, -0.2) is 17.1 Å². The molecule has 1 N–H and O–H groups in total. The molecule has 0 aliphatic rings. The van der Waals surface area contributed by atoms with Gasteiger partial charge in [-0.15, -0.1) is 0 Å². The number of anilines is 1. The molecule has 4 nitrogen and oxygen atoms in total. The molecule has 2 rings (SSSR count). The molecule has 0 aliphatic heterocycles. The standard InChI is InChI=1S/C12H10Cl3N3O/c1-19-12-7(3-2-4-16-12)6-17-11-9(14)5-8(13)10(15)18-11/h2-5H,6H2,1H3,(H,17,18). The number of hydrogen-bond acceptors (Lipinski definition) is 4. The maximum absolute atomic E-state index is 6.03. The lowest BCUT2D eigenvalue weighted by atomic mass is 10.2. The van der Waals surface area contributed by atoms with E-state index < -0.39 is 0 Å². The largest absolute Gasteiger partial charge is 0.481 e. The fourth-order valence-corrected chi connectivity index (χ4v) is 2.05. The summed E-state index contributed by atoms with van der Waals surface area (Å²) in [5, 5.41) is 3.98. The first-order chi connectivity index (χ1) is 9.11. The first-order valence-corrected chi connectivity index (χ1v) is 6.48. The number of nitrogens with one attached hydrogen (secondary N) is 1. The van der Waals surface area contributed by atoms with Crippen LogP contribution in [0.25, 0.3) is 0 Å². The molecular formula is C12H10Cl3N3O. The van der Waals surface area contributed by atoms with Gasteiger partial charge in [0, 0.05) is 18.3 Å². The van der Waals surface area contributed by atoms with E-state index >= 15 is 0 Å². The van der Waals surface area contributed by atoms with Crippen molar-refractivity contribution in [3.05, 3.63) is 45.2 Å². The second-order valence-corrected chi connectivity index (χ2v) is 4.79. The summed E-state index contributed by atoms with van der Waals surface area (Å²) >= 11 is 17.7. The quantitative estimate of drug-likeness (QED) is 0.864. The molecule has 2 aromatic heterocycles. The summed E-state index contributed by atoms with van der Waals surface area (Å²) in [6.45, 7) is 0.460. The third kappa shape index (κ3) is 3.41. The zero-order valence-corrected chi connectivity index (χ0v) is 12.2. The van der Waals surface area contributed by atoms with Crippen molar-refractivity contribution in [2.45, 2.75) is 6.54 Å². The Labute approximate surface area is 125 Å². The zero-order valence-electron chi connectivity index (χ0n) is 9.95. The van der Waals surface area contributed by atoms with Crippen molar-refractivity contribution in [1.29, 1.82) is 0 Å². The molecule has 0 aromatic carbocycles. The maximum atomic E-state index is 6.03. The van der Waals surface area contributed by atoms with Crippen molar-refractivity contribution in [2.75, 3.05) is 12.4 Å². The Morgan fingerprint density at radius 1 is 1.26 bits per heavy atom. The Morgan fingerprint density at radius 2 is 2.05 bits per heavy atom. The van der Waals surface area contributed by atoms with Gasteiger partial charge in [0.2, 0.25) is 5.88 Å². The first-order valence-electron chi connectivity index (χ1n) is 5.35. The van der Waals surface area contributed by atoms with E-state index in [-0.39, 0.29) is 5.15 Å². The first kappa shape index (κ1) is 14.2. The van der Waals surface area contributed by atoms with Crippen molar-refractivity contribution in [1.82, 2.24) is 9.97 Å². The van der Waals surface area contributed by atoms with Gasteiger partial charge in [-0.25, -0.2) is 9.97 Å². The molecular weight excluding hydrogens is 309 g/mol. The summed E-state index contributed by atoms with van der Waals surface area (Å²) in [4.78, 5) is 8.17. The number of ether oxygens (including phenoxy) is 1. The van der Waals surface area contributed by atoms with E-state index in [9.17, 15) is 0 Å². The van der Waals surface area contributed by atoms with Gasteiger partial charge in [0.25, 0.3) is 0 Å². The van der Waals surface area contributed by atoms with E-state index in [0.29, 0.717) is 28.3 Å². The fraction of sp³-hybridized carbons (Fsp3) is 0.167. The molecule has 0 aliphatic carbocycles. The van der Waals surface area contributed by atoms with Crippen LogP contribution in [0, 0.1) is 0 Å². The predicted molar refractivity (Wildman–Crippen MR) is 77.4 cm³/mol. The lowest BCUT2D eigenvalue weighted by molar-refractivity contribution is 0.393. The lowest BCUT2D eigenvalue weighted by Gasteiger charge is -2.10. The van der Waals surface area contributed by atoms with Gasteiger partial charge in [-0.2, -0.15) is 0 Å². The van der Waals surface area contributed by atoms with Crippen LogP contribution in [-0.2, 0) is 6.54 Å². The second kappa shape index (κ2) is 6.28. The van der Waals surface area contributed by atoms with Crippen LogP contribution in [0.5, 0.6) is 5.88 Å². The van der Waals surface area contributed by atoms with Gasteiger partial charge < -0.3 is 10.1 Å². The van der Waals surface area contributed by atoms with E-state index in [4.69, 9.17) is 39.5 Å². The van der Waals surface area contributed by atoms with Crippen molar-refractivity contribution >= 4 is 40.6 Å². The van der Waals surface area contributed by atoms with Gasteiger partial charge in [-0.05, 0) is 12.1 Å². The van der Waals surface area contributed by atoms with E-state index in [1.807, 2.05) is 12.1 Å². The van der Waals surface area contributed by atoms with Crippen LogP contribution in [0.1, 0.15) is 5.56 Å². The molecule has 7 heteroatoms. The minimum atomic E-state index is 0.201. The SMILES string of the molecule is COc1ncccc1CNc1nc(Cl)c(Cl)cc1Cl. The molecule has 0 radical (unpaired) electrons. The van der Waals surface area contributed by atoms with E-state index in [2.05, 4.69) is 15.3 Å². The highest BCUT2D eigenvalue weighted by Gasteiger charge is 2.09. The van der Waals surface area contributed by atoms with Crippen LogP contribution in [0.3, 0.4) is 0 Å². The minimum Gasteiger partial charge on any atom is -0.481 e. The van der Waals surface area contributed by atoms with E-state index in [1.165, 1.54) is 0 Å². The van der Waals surface area contributed by atoms with Crippen molar-refractivity contribution in [2.24, 2.45) is 0 Å². The summed E-state index contributed by atoms with van der Waals surface area (Å²) in [5.41, 5.74) is 0.883. The summed E-state index contributed by atoms with van der Waals surface area (Å²) in [5.74, 6) is 1.01. The highest BCUT2D eigenvalue weighted by molar-refractivity contribution is 6.42. The monoisotopic (exact) mass is 317 g/mol. The second-order valence-electron chi connectivity index (χ2n) is 3.62. The smallest absolute Gasteiger partial charge is 0.218 e. The predicted octanol–water partition coefficient (Wildman–Crippen LogP) is 4.06. The molecule has 0 amide bonds. The average molecular weight is 319 g/mol. The number of halogens is 3. The van der Waals surface area contributed by atoms with Crippen LogP contribution in [0.4, 0.5) is 5.82 Å². The molecule has 100 valence electrons. The Morgan fingerprint density at radius 3 is 2.79 bits per heavy atom. The van der Waals surface area contributed by atoms with Crippen molar-refractivity contribution in [3.63, 3.8) is 0 Å². The minimum absolute atomic E-state index is 0.201. The molecule has 19 heavy (non-hydrogen) atoms. The third-order valence-corrected chi connectivity index (χ3v) is 3.34. The molecule has 0 fully saturated rings. The van der Waals surface area contributed by atoms with Crippen molar-refractivity contribution in [3.8, 4) is 5.88 Å². The Bertz CT molecular complexity index is 592. The molecule has 0 saturated heterocycles. The zero-order chi connectivity index (χ0) is 13.8. The molecule has 0 atom stereocenters. The Balaban J connectivity index is 2.17. The fourth-order valence-electron chi connectivity index (χ4n) is 1.49. The summed E-state index contributed by atoms with van der Waals surface area (Å²) in [6, 6.07) is 5.26. The lowest BCUT2D eigenvalue weighted by Crippen LogP contribution is -2.04. The van der Waals surface area contributed by atoms with Gasteiger partial charge in [0.05, 0.1) is 17.2 Å². The Kier molecular flexibility index (Phi) is 4.69. The topological polar surface area (TPSA) is 47.0 Å². The number of nitrogens with zero attached hydrogens (tertiary/aromatic N) is 2. The van der Waals surface area contributed by atoms with Crippen molar-refractivity contribution < 1.29 is 4.74 Å². The number of methoxy groups -OCH3 is 1. The van der Waals surface area contributed by atoms with E-state index in [1.54, 1.807) is 19.4 Å². The highest BCUT2D eigenvalue weighted by atomic mass is 35.5. The normalized spacial score (nSPS) is 10.3. The van der Waals surface area contributed by atoms with Gasteiger partial charge in [0.15, 0.2) is 0 Å². The van der Waals surface area contributed by atoms with Gasteiger partial charge in [0.1, 0.15) is 11.0 Å². The Hall–Kier alpha value is -1.23. The van der Waals surface area contributed by atoms with Crippen LogP contribution < -0.4 is 10.1 Å². The summed E-state index contributed by atoms with van der Waals surface area (Å²) in [6.07, 6.45) is 1.66. The van der Waals surface area contributed by atoms with Crippen LogP contribution >= 0.6 is 34.8 Å².